The van der Waals surface area contributed by atoms with Gasteiger partial charge in [0.05, 0.1) is 5.02 Å². The van der Waals surface area contributed by atoms with Crippen molar-refractivity contribution in [2.75, 3.05) is 0 Å². The van der Waals surface area contributed by atoms with E-state index in [1.54, 1.807) is 42.5 Å². The van der Waals surface area contributed by atoms with Gasteiger partial charge in [-0.05, 0) is 58.4 Å². The van der Waals surface area contributed by atoms with E-state index >= 15 is 0 Å². The number of halogens is 2. The van der Waals surface area contributed by atoms with Crippen molar-refractivity contribution in [2.24, 2.45) is 0 Å². The van der Waals surface area contributed by atoms with Gasteiger partial charge in [0.1, 0.15) is 17.8 Å². The molecule has 2 aromatic carbocycles. The highest BCUT2D eigenvalue weighted by Crippen LogP contribution is 2.29. The van der Waals surface area contributed by atoms with Crippen LogP contribution in [0.4, 0.5) is 0 Å². The van der Waals surface area contributed by atoms with Crippen LogP contribution in [0.2, 0.25) is 5.02 Å². The topological polar surface area (TPSA) is 26.3 Å². The van der Waals surface area contributed by atoms with Crippen LogP contribution in [0.3, 0.4) is 0 Å². The zero-order valence-corrected chi connectivity index (χ0v) is 11.0. The van der Waals surface area contributed by atoms with Gasteiger partial charge < -0.3 is 4.74 Å². The highest BCUT2D eigenvalue weighted by atomic mass is 79.9. The Labute approximate surface area is 112 Å². The summed E-state index contributed by atoms with van der Waals surface area (Å²) in [6.45, 7) is 0. The minimum absolute atomic E-state index is 0.620. The van der Waals surface area contributed by atoms with E-state index < -0.39 is 0 Å². The van der Waals surface area contributed by atoms with Crippen LogP contribution in [-0.4, -0.2) is 6.29 Å². The third kappa shape index (κ3) is 3.08. The van der Waals surface area contributed by atoms with E-state index in [0.29, 0.717) is 22.1 Å². The van der Waals surface area contributed by atoms with E-state index in [1.165, 1.54) is 0 Å². The Hall–Kier alpha value is -1.32. The molecule has 86 valence electrons. The second kappa shape index (κ2) is 5.34. The molecule has 2 nitrogen and oxygen atoms in total. The molecule has 0 spiro atoms. The highest BCUT2D eigenvalue weighted by Gasteiger charge is 2.01. The van der Waals surface area contributed by atoms with Crippen molar-refractivity contribution in [3.63, 3.8) is 0 Å². The third-order valence-corrected chi connectivity index (χ3v) is 3.36. The highest BCUT2D eigenvalue weighted by molar-refractivity contribution is 9.10. The van der Waals surface area contributed by atoms with Crippen molar-refractivity contribution in [2.45, 2.75) is 0 Å². The minimum Gasteiger partial charge on any atom is -0.457 e. The summed E-state index contributed by atoms with van der Waals surface area (Å²) in [5.41, 5.74) is 0.620. The van der Waals surface area contributed by atoms with Crippen LogP contribution in [0, 0.1) is 0 Å². The minimum atomic E-state index is 0.620. The van der Waals surface area contributed by atoms with E-state index in [1.807, 2.05) is 0 Å². The molecule has 0 aromatic heterocycles. The first-order valence-corrected chi connectivity index (χ1v) is 6.04. The second-order valence-corrected chi connectivity index (χ2v) is 4.63. The lowest BCUT2D eigenvalue weighted by atomic mass is 10.2. The van der Waals surface area contributed by atoms with Gasteiger partial charge >= 0.3 is 0 Å². The Balaban J connectivity index is 2.19. The lowest BCUT2D eigenvalue weighted by Crippen LogP contribution is -1.85. The average Bonchev–Trinajstić information content (AvgIpc) is 2.35. The van der Waals surface area contributed by atoms with Crippen molar-refractivity contribution in [1.82, 2.24) is 0 Å². The smallest absolute Gasteiger partial charge is 0.150 e. The molecular formula is C13H8BrClO2. The largest absolute Gasteiger partial charge is 0.457 e. The van der Waals surface area contributed by atoms with Crippen LogP contribution in [0.5, 0.6) is 11.5 Å². The summed E-state index contributed by atoms with van der Waals surface area (Å²) in [5, 5.41) is 0.633. The van der Waals surface area contributed by atoms with Gasteiger partial charge in [-0.15, -0.1) is 0 Å². The second-order valence-electron chi connectivity index (χ2n) is 3.36. The predicted molar refractivity (Wildman–Crippen MR) is 71.1 cm³/mol. The standard InChI is InChI=1S/C13H8BrClO2/c14-12-7-11(5-6-13(12)15)17-10-3-1-9(8-16)2-4-10/h1-8H. The Kier molecular flexibility index (Phi) is 3.82. The average molecular weight is 312 g/mol. The summed E-state index contributed by atoms with van der Waals surface area (Å²) in [4.78, 5) is 10.5. The fourth-order valence-corrected chi connectivity index (χ4v) is 1.77. The maximum absolute atomic E-state index is 10.5. The number of aldehydes is 1. The van der Waals surface area contributed by atoms with Crippen LogP contribution < -0.4 is 4.74 Å². The summed E-state index contributed by atoms with van der Waals surface area (Å²) in [7, 11) is 0. The van der Waals surface area contributed by atoms with Crippen molar-refractivity contribution in [3.05, 3.63) is 57.5 Å². The molecule has 2 rings (SSSR count). The van der Waals surface area contributed by atoms with Crippen LogP contribution in [0.25, 0.3) is 0 Å². The van der Waals surface area contributed by atoms with Gasteiger partial charge in [0.15, 0.2) is 0 Å². The zero-order valence-electron chi connectivity index (χ0n) is 8.69. The molecule has 0 atom stereocenters. The van der Waals surface area contributed by atoms with Gasteiger partial charge in [-0.3, -0.25) is 4.79 Å². The van der Waals surface area contributed by atoms with Crippen molar-refractivity contribution >= 4 is 33.8 Å². The Morgan fingerprint density at radius 3 is 2.29 bits per heavy atom. The van der Waals surface area contributed by atoms with Gasteiger partial charge in [0, 0.05) is 10.0 Å². The summed E-state index contributed by atoms with van der Waals surface area (Å²) in [6.07, 6.45) is 0.794. The number of carbonyl (C=O) groups is 1. The van der Waals surface area contributed by atoms with Crippen LogP contribution in [0.15, 0.2) is 46.9 Å². The molecule has 0 amide bonds. The SMILES string of the molecule is O=Cc1ccc(Oc2ccc(Cl)c(Br)c2)cc1. The van der Waals surface area contributed by atoms with Crippen LogP contribution >= 0.6 is 27.5 Å². The van der Waals surface area contributed by atoms with E-state index in [4.69, 9.17) is 16.3 Å². The van der Waals surface area contributed by atoms with E-state index in [0.717, 1.165) is 10.8 Å². The number of rotatable bonds is 3. The van der Waals surface area contributed by atoms with Crippen molar-refractivity contribution < 1.29 is 9.53 Å². The van der Waals surface area contributed by atoms with Gasteiger partial charge in [-0.2, -0.15) is 0 Å². The quantitative estimate of drug-likeness (QED) is 0.768. The number of carbonyl (C=O) groups excluding carboxylic acids is 1. The zero-order chi connectivity index (χ0) is 12.3. The molecule has 0 N–H and O–H groups in total. The van der Waals surface area contributed by atoms with Crippen LogP contribution in [0.1, 0.15) is 10.4 Å². The molecule has 0 aliphatic carbocycles. The molecule has 0 radical (unpaired) electrons. The molecule has 0 aliphatic heterocycles. The van der Waals surface area contributed by atoms with Gasteiger partial charge in [-0.1, -0.05) is 11.6 Å². The summed E-state index contributed by atoms with van der Waals surface area (Å²) < 4.78 is 6.39. The normalized spacial score (nSPS) is 10.0. The molecule has 0 aliphatic rings. The van der Waals surface area contributed by atoms with E-state index in [-0.39, 0.29) is 0 Å². The molecule has 0 bridgehead atoms. The number of benzene rings is 2. The fraction of sp³-hybridized carbons (Fsp3) is 0. The van der Waals surface area contributed by atoms with Crippen molar-refractivity contribution in [3.8, 4) is 11.5 Å². The lowest BCUT2D eigenvalue weighted by molar-refractivity contribution is 0.112. The first-order valence-electron chi connectivity index (χ1n) is 4.87. The molecular weight excluding hydrogens is 303 g/mol. The number of hydrogen-bond acceptors (Lipinski definition) is 2. The molecule has 0 saturated carbocycles. The van der Waals surface area contributed by atoms with E-state index in [2.05, 4.69) is 15.9 Å². The molecule has 0 fully saturated rings. The monoisotopic (exact) mass is 310 g/mol. The van der Waals surface area contributed by atoms with Crippen molar-refractivity contribution in [1.29, 1.82) is 0 Å². The maximum atomic E-state index is 10.5. The molecule has 17 heavy (non-hydrogen) atoms. The number of hydrogen-bond donors (Lipinski definition) is 0. The van der Waals surface area contributed by atoms with E-state index in [9.17, 15) is 4.79 Å². The molecule has 0 saturated heterocycles. The molecule has 0 unspecified atom stereocenters. The first-order chi connectivity index (χ1) is 8.19. The Bertz CT molecular complexity index is 538. The summed E-state index contributed by atoms with van der Waals surface area (Å²) in [5.74, 6) is 1.35. The summed E-state index contributed by atoms with van der Waals surface area (Å²) >= 11 is 9.21. The summed E-state index contributed by atoms with van der Waals surface area (Å²) in [6, 6.07) is 12.2. The lowest BCUT2D eigenvalue weighted by Gasteiger charge is -2.06. The predicted octanol–water partition coefficient (Wildman–Crippen LogP) is 4.71. The number of ether oxygens (including phenoxy) is 1. The first kappa shape index (κ1) is 12.1. The van der Waals surface area contributed by atoms with Gasteiger partial charge in [-0.25, -0.2) is 0 Å². The van der Waals surface area contributed by atoms with Crippen LogP contribution in [-0.2, 0) is 0 Å². The third-order valence-electron chi connectivity index (χ3n) is 2.14. The van der Waals surface area contributed by atoms with Gasteiger partial charge in [0.2, 0.25) is 0 Å². The maximum Gasteiger partial charge on any atom is 0.150 e. The molecule has 4 heteroatoms. The molecule has 0 heterocycles. The Morgan fingerprint density at radius 1 is 1.06 bits per heavy atom. The fourth-order valence-electron chi connectivity index (χ4n) is 1.29. The van der Waals surface area contributed by atoms with Gasteiger partial charge in [0.25, 0.3) is 0 Å². The Morgan fingerprint density at radius 2 is 1.71 bits per heavy atom. The molecule has 2 aromatic rings.